The zero-order chi connectivity index (χ0) is 35.7. The second kappa shape index (κ2) is 11.1. The topological polar surface area (TPSA) is 3.24 Å². The van der Waals surface area contributed by atoms with Crippen molar-refractivity contribution in [3.05, 3.63) is 173 Å². The molecule has 6 aliphatic carbocycles. The summed E-state index contributed by atoms with van der Waals surface area (Å²) >= 11 is 0. The number of hydrogen-bond acceptors (Lipinski definition) is 1. The highest BCUT2D eigenvalue weighted by atomic mass is 15.1. The van der Waals surface area contributed by atoms with E-state index in [1.165, 1.54) is 88.1 Å². The molecular formula is C52H49N. The molecular weight excluding hydrogens is 639 g/mol. The largest absolute Gasteiger partial charge is 0.310 e. The molecule has 0 saturated heterocycles. The molecule has 0 unspecified atom stereocenters. The van der Waals surface area contributed by atoms with Gasteiger partial charge in [-0.25, -0.2) is 0 Å². The summed E-state index contributed by atoms with van der Waals surface area (Å²) in [6.45, 7) is 9.78. The van der Waals surface area contributed by atoms with E-state index in [-0.39, 0.29) is 16.2 Å². The molecule has 1 spiro atoms. The Hall–Kier alpha value is -4.88. The molecule has 1 heteroatoms. The van der Waals surface area contributed by atoms with E-state index >= 15 is 0 Å². The predicted octanol–water partition coefficient (Wildman–Crippen LogP) is 13.5. The lowest BCUT2D eigenvalue weighted by Crippen LogP contribution is -2.58. The molecule has 4 bridgehead atoms. The van der Waals surface area contributed by atoms with Crippen molar-refractivity contribution in [2.45, 2.75) is 76.0 Å². The third-order valence-electron chi connectivity index (χ3n) is 14.9. The van der Waals surface area contributed by atoms with Gasteiger partial charge in [0.25, 0.3) is 0 Å². The van der Waals surface area contributed by atoms with Crippen LogP contribution in [-0.4, -0.2) is 0 Å². The molecule has 0 heterocycles. The third kappa shape index (κ3) is 4.26. The molecule has 6 aromatic carbocycles. The summed E-state index contributed by atoms with van der Waals surface area (Å²) in [7, 11) is 0. The number of para-hydroxylation sites is 1. The number of hydrogen-bond donors (Lipinski definition) is 0. The number of benzene rings is 6. The molecule has 0 aliphatic heterocycles. The van der Waals surface area contributed by atoms with Crippen molar-refractivity contribution in [2.75, 3.05) is 4.90 Å². The first-order chi connectivity index (χ1) is 25.8. The van der Waals surface area contributed by atoms with Gasteiger partial charge in [-0.15, -0.1) is 0 Å². The summed E-state index contributed by atoms with van der Waals surface area (Å²) in [5.41, 5.74) is 18.0. The van der Waals surface area contributed by atoms with Gasteiger partial charge >= 0.3 is 0 Å². The number of fused-ring (bicyclic) bond motifs is 5. The van der Waals surface area contributed by atoms with Crippen LogP contribution < -0.4 is 4.90 Å². The smallest absolute Gasteiger partial charge is 0.0540 e. The van der Waals surface area contributed by atoms with Crippen LogP contribution in [0.4, 0.5) is 17.1 Å². The van der Waals surface area contributed by atoms with E-state index in [0.717, 1.165) is 23.7 Å². The molecule has 0 radical (unpaired) electrons. The fourth-order valence-electron chi connectivity index (χ4n) is 12.8. The van der Waals surface area contributed by atoms with Gasteiger partial charge in [-0.2, -0.15) is 0 Å². The van der Waals surface area contributed by atoms with Gasteiger partial charge in [-0.1, -0.05) is 137 Å². The number of rotatable bonds is 4. The van der Waals surface area contributed by atoms with Gasteiger partial charge < -0.3 is 4.90 Å². The minimum absolute atomic E-state index is 0.0834. The maximum absolute atomic E-state index is 2.62. The van der Waals surface area contributed by atoms with Crippen LogP contribution in [0.5, 0.6) is 0 Å². The Morgan fingerprint density at radius 2 is 0.925 bits per heavy atom. The monoisotopic (exact) mass is 687 g/mol. The van der Waals surface area contributed by atoms with Crippen LogP contribution in [0.2, 0.25) is 0 Å². The molecule has 0 amide bonds. The van der Waals surface area contributed by atoms with Crippen LogP contribution in [0, 0.1) is 23.7 Å². The zero-order valence-corrected chi connectivity index (χ0v) is 31.6. The first-order valence-corrected chi connectivity index (χ1v) is 20.2. The summed E-state index contributed by atoms with van der Waals surface area (Å²) in [4.78, 5) is 2.57. The summed E-state index contributed by atoms with van der Waals surface area (Å²) in [6.07, 6.45) is 7.06. The van der Waals surface area contributed by atoms with Crippen molar-refractivity contribution in [3.8, 4) is 22.3 Å². The highest BCUT2D eigenvalue weighted by molar-refractivity contribution is 5.91. The Kier molecular flexibility index (Phi) is 6.61. The Labute approximate surface area is 315 Å². The molecule has 53 heavy (non-hydrogen) atoms. The van der Waals surface area contributed by atoms with Crippen molar-refractivity contribution in [2.24, 2.45) is 23.7 Å². The molecule has 0 aromatic heterocycles. The fourth-order valence-corrected chi connectivity index (χ4v) is 12.8. The van der Waals surface area contributed by atoms with Crippen molar-refractivity contribution in [3.63, 3.8) is 0 Å². The highest BCUT2D eigenvalue weighted by Crippen LogP contribution is 2.69. The van der Waals surface area contributed by atoms with E-state index in [1.54, 1.807) is 16.7 Å². The average molecular weight is 688 g/mol. The average Bonchev–Trinajstić information content (AvgIpc) is 3.41. The Morgan fingerprint density at radius 3 is 1.64 bits per heavy atom. The van der Waals surface area contributed by atoms with E-state index in [4.69, 9.17) is 0 Å². The Bertz CT molecular complexity index is 2400. The first-order valence-electron chi connectivity index (χ1n) is 20.2. The highest BCUT2D eigenvalue weighted by Gasteiger charge is 2.62. The van der Waals surface area contributed by atoms with Crippen molar-refractivity contribution < 1.29 is 0 Å². The normalized spacial score (nSPS) is 26.1. The molecule has 4 fully saturated rings. The van der Waals surface area contributed by atoms with Gasteiger partial charge in [-0.3, -0.25) is 0 Å². The van der Waals surface area contributed by atoms with Crippen LogP contribution in [0.25, 0.3) is 22.3 Å². The van der Waals surface area contributed by atoms with Crippen molar-refractivity contribution >= 4 is 17.1 Å². The van der Waals surface area contributed by atoms with Gasteiger partial charge in [0.1, 0.15) is 0 Å². The zero-order valence-electron chi connectivity index (χ0n) is 31.6. The lowest BCUT2D eigenvalue weighted by molar-refractivity contribution is -0.0443. The van der Waals surface area contributed by atoms with Gasteiger partial charge in [0.2, 0.25) is 0 Å². The van der Waals surface area contributed by atoms with E-state index in [1.807, 2.05) is 0 Å². The molecule has 0 N–H and O–H groups in total. The fraction of sp³-hybridized carbons (Fsp3) is 0.308. The van der Waals surface area contributed by atoms with Crippen LogP contribution in [-0.2, 0) is 16.2 Å². The lowest BCUT2D eigenvalue weighted by Gasteiger charge is -2.64. The molecule has 4 saturated carbocycles. The second-order valence-corrected chi connectivity index (χ2v) is 18.2. The van der Waals surface area contributed by atoms with Gasteiger partial charge in [0, 0.05) is 33.2 Å². The summed E-state index contributed by atoms with van der Waals surface area (Å²) < 4.78 is 0. The van der Waals surface area contributed by atoms with Crippen LogP contribution >= 0.6 is 0 Å². The van der Waals surface area contributed by atoms with Crippen molar-refractivity contribution in [1.29, 1.82) is 0 Å². The van der Waals surface area contributed by atoms with E-state index in [9.17, 15) is 0 Å². The summed E-state index contributed by atoms with van der Waals surface area (Å²) in [5, 5.41) is 0. The Balaban J connectivity index is 1.15. The van der Waals surface area contributed by atoms with Crippen molar-refractivity contribution in [1.82, 2.24) is 0 Å². The summed E-state index contributed by atoms with van der Waals surface area (Å²) in [6, 6.07) is 53.6. The minimum Gasteiger partial charge on any atom is -0.310 e. The predicted molar refractivity (Wildman–Crippen MR) is 221 cm³/mol. The Morgan fingerprint density at radius 1 is 0.415 bits per heavy atom. The minimum atomic E-state index is -0.117. The maximum Gasteiger partial charge on any atom is 0.0540 e. The SMILES string of the molecule is CC1(C)c2ccccc2-c2ccc(N(c3ccc4c(c3)C(C)(C)c3ccccc3C43C4CC5CC(C4)CC3C5)c3ccccc3-c3ccccc3)cc21. The van der Waals surface area contributed by atoms with Crippen LogP contribution in [0.3, 0.4) is 0 Å². The number of nitrogens with zero attached hydrogens (tertiary/aromatic N) is 1. The van der Waals surface area contributed by atoms with E-state index in [0.29, 0.717) is 0 Å². The van der Waals surface area contributed by atoms with E-state index in [2.05, 4.69) is 172 Å². The quantitative estimate of drug-likeness (QED) is 0.178. The molecule has 6 aromatic rings. The standard InChI is InChI=1S/C52H49N/c1-50(2)43-18-10-8-17-41(43)42-24-22-38(31-47(42)50)53(49-21-13-9-16-40(49)35-14-6-5-7-15-35)39-23-25-46-48(32-39)51(3,4)44-19-11-12-20-45(44)52(46)36-27-33-26-34(29-36)30-37(52)28-33/h5-25,31-34,36-37H,26-30H2,1-4H3. The number of anilines is 3. The molecule has 12 rings (SSSR count). The molecule has 262 valence electrons. The maximum atomic E-state index is 2.62. The first kappa shape index (κ1) is 31.6. The molecule has 1 nitrogen and oxygen atoms in total. The second-order valence-electron chi connectivity index (χ2n) is 18.2. The van der Waals surface area contributed by atoms with Crippen LogP contribution in [0.15, 0.2) is 140 Å². The molecule has 0 atom stereocenters. The van der Waals surface area contributed by atoms with Gasteiger partial charge in [0.15, 0.2) is 0 Å². The summed E-state index contributed by atoms with van der Waals surface area (Å²) in [5.74, 6) is 3.31. The van der Waals surface area contributed by atoms with Crippen LogP contribution in [0.1, 0.15) is 93.2 Å². The molecule has 6 aliphatic rings. The van der Waals surface area contributed by atoms with Gasteiger partial charge in [-0.05, 0) is 136 Å². The van der Waals surface area contributed by atoms with E-state index < -0.39 is 0 Å². The lowest BCUT2D eigenvalue weighted by atomic mass is 9.39. The van der Waals surface area contributed by atoms with Gasteiger partial charge in [0.05, 0.1) is 5.69 Å². The third-order valence-corrected chi connectivity index (χ3v) is 14.9.